The molecule has 1 N–H and O–H groups in total. The summed E-state index contributed by atoms with van der Waals surface area (Å²) in [7, 11) is 0. The number of thioether (sulfide) groups is 1. The maximum absolute atomic E-state index is 11.0. The Bertz CT molecular complexity index is 1650. The van der Waals surface area contributed by atoms with Gasteiger partial charge in [0.25, 0.3) is 0 Å². The monoisotopic (exact) mass is 628 g/mol. The molecule has 0 aliphatic heterocycles. The average Bonchev–Trinajstić information content (AvgIpc) is 3.35. The van der Waals surface area contributed by atoms with Gasteiger partial charge in [0.15, 0.2) is 0 Å². The molecule has 0 saturated carbocycles. The van der Waals surface area contributed by atoms with Crippen LogP contribution in [0, 0.1) is 27.7 Å². The van der Waals surface area contributed by atoms with Gasteiger partial charge >= 0.3 is 252 Å². The second-order valence-electron chi connectivity index (χ2n) is 10.2. The van der Waals surface area contributed by atoms with Gasteiger partial charge in [-0.3, -0.25) is 0 Å². The molecule has 1 unspecified atom stereocenters. The standard InChI is InChI=1S/C34H32N2O3SSe/c1-21-5-10-26(11-6-21)29-15-9-25(19-35-29)18-31(40-28-14-16-30(23(3)17-28)39-20-32(37)38)33-24(4)36-34(41-33)27-12-7-22(2)8-13-27/h5-17,19,31H,18,20H2,1-4H3,(H,37,38). The van der Waals surface area contributed by atoms with E-state index in [0.29, 0.717) is 5.75 Å². The predicted octanol–water partition coefficient (Wildman–Crippen LogP) is 7.64. The molecule has 0 aliphatic carbocycles. The molecule has 0 bridgehead atoms. The third-order valence-electron chi connectivity index (χ3n) is 6.79. The number of pyridine rings is 1. The van der Waals surface area contributed by atoms with Crippen molar-refractivity contribution in [3.63, 3.8) is 0 Å². The molecule has 0 radical (unpaired) electrons. The van der Waals surface area contributed by atoms with Crippen LogP contribution in [0.4, 0.5) is 0 Å². The number of hydrogen-bond acceptors (Lipinski definition) is 5. The Morgan fingerprint density at radius 2 is 1.59 bits per heavy atom. The molecule has 0 saturated heterocycles. The molecule has 5 nitrogen and oxygen atoms in total. The quantitative estimate of drug-likeness (QED) is 0.127. The molecular weight excluding hydrogens is 595 g/mol. The number of aromatic nitrogens is 2. The number of aliphatic carboxylic acids is 1. The van der Waals surface area contributed by atoms with E-state index in [9.17, 15) is 4.79 Å². The van der Waals surface area contributed by atoms with Crippen molar-refractivity contribution in [3.05, 3.63) is 117 Å². The number of carboxylic acids is 1. The Hall–Kier alpha value is -3.64. The summed E-state index contributed by atoms with van der Waals surface area (Å²) in [6, 6.07) is 27.3. The van der Waals surface area contributed by atoms with E-state index < -0.39 is 5.97 Å². The third kappa shape index (κ3) is 7.36. The van der Waals surface area contributed by atoms with Crippen molar-refractivity contribution >= 4 is 32.2 Å². The van der Waals surface area contributed by atoms with Gasteiger partial charge in [0.05, 0.1) is 0 Å². The average molecular weight is 628 g/mol. The second-order valence-corrected chi connectivity index (χ2v) is 13.6. The summed E-state index contributed by atoms with van der Waals surface area (Å²) >= 11 is 1.92. The molecule has 7 heteroatoms. The minimum atomic E-state index is -0.986. The van der Waals surface area contributed by atoms with Crippen molar-refractivity contribution in [2.75, 3.05) is 6.61 Å². The van der Waals surface area contributed by atoms with Crippen molar-refractivity contribution in [1.29, 1.82) is 0 Å². The summed E-state index contributed by atoms with van der Waals surface area (Å²) in [5.41, 5.74) is 8.93. The van der Waals surface area contributed by atoms with E-state index in [1.54, 1.807) is 0 Å². The fourth-order valence-corrected chi connectivity index (χ4v) is 8.57. The van der Waals surface area contributed by atoms with Crippen LogP contribution in [0.25, 0.3) is 21.4 Å². The van der Waals surface area contributed by atoms with E-state index >= 15 is 0 Å². The van der Waals surface area contributed by atoms with Gasteiger partial charge in [-0.2, -0.15) is 0 Å². The topological polar surface area (TPSA) is 72.3 Å². The van der Waals surface area contributed by atoms with Gasteiger partial charge in [0, 0.05) is 0 Å². The summed E-state index contributed by atoms with van der Waals surface area (Å²) in [5, 5.41) is 9.17. The van der Waals surface area contributed by atoms with Crippen LogP contribution in [0.15, 0.2) is 90.0 Å². The zero-order chi connectivity index (χ0) is 28.9. The van der Waals surface area contributed by atoms with Crippen molar-refractivity contribution in [2.45, 2.75) is 44.3 Å². The van der Waals surface area contributed by atoms with Crippen LogP contribution in [0.2, 0.25) is 0 Å². The number of nitrogens with zero attached hydrogens (tertiary/aromatic N) is 2. The van der Waals surface area contributed by atoms with Crippen LogP contribution >= 0.6 is 11.8 Å². The fraction of sp³-hybridized carbons (Fsp3) is 0.206. The summed E-state index contributed by atoms with van der Waals surface area (Å²) in [4.78, 5) is 21.9. The second kappa shape index (κ2) is 12.9. The van der Waals surface area contributed by atoms with E-state index in [2.05, 4.69) is 87.5 Å². The first-order valence-corrected chi connectivity index (χ1v) is 16.0. The van der Waals surface area contributed by atoms with Crippen LogP contribution < -0.4 is 4.74 Å². The number of carboxylic acid groups (broad SMARTS) is 1. The Morgan fingerprint density at radius 3 is 2.20 bits per heavy atom. The normalized spacial score (nSPS) is 11.8. The zero-order valence-electron chi connectivity index (χ0n) is 23.5. The van der Waals surface area contributed by atoms with Crippen molar-refractivity contribution in [1.82, 2.24) is 9.97 Å². The first kappa shape index (κ1) is 28.9. The van der Waals surface area contributed by atoms with Crippen LogP contribution in [0.1, 0.15) is 37.6 Å². The Kier molecular flexibility index (Phi) is 9.09. The molecule has 41 heavy (non-hydrogen) atoms. The van der Waals surface area contributed by atoms with Gasteiger partial charge < -0.3 is 0 Å². The van der Waals surface area contributed by atoms with E-state index in [-0.39, 0.29) is 26.4 Å². The van der Waals surface area contributed by atoms with E-state index in [0.717, 1.165) is 38.4 Å². The molecule has 208 valence electrons. The van der Waals surface area contributed by atoms with Crippen molar-refractivity contribution in [3.8, 4) is 27.1 Å². The summed E-state index contributed by atoms with van der Waals surface area (Å²) in [6.07, 6.45) is 2.82. The van der Waals surface area contributed by atoms with Gasteiger partial charge in [-0.05, 0) is 0 Å². The van der Waals surface area contributed by atoms with Crippen LogP contribution in [-0.2, 0) is 11.2 Å². The molecule has 0 spiro atoms. The summed E-state index contributed by atoms with van der Waals surface area (Å²) in [5.74, 6) is -0.394. The molecule has 0 amide bonds. The minimum absolute atomic E-state index is 0.103. The van der Waals surface area contributed by atoms with Gasteiger partial charge in [-0.15, -0.1) is 0 Å². The van der Waals surface area contributed by atoms with E-state index in [1.807, 2.05) is 37.0 Å². The molecule has 0 aliphatic rings. The Morgan fingerprint density at radius 1 is 0.902 bits per heavy atom. The number of carbonyl (C=O) groups is 1. The molecule has 5 aromatic rings. The van der Waals surface area contributed by atoms with Crippen LogP contribution in [0.3, 0.4) is 0 Å². The van der Waals surface area contributed by atoms with Gasteiger partial charge in [0.1, 0.15) is 0 Å². The molecule has 2 aromatic heterocycles. The van der Waals surface area contributed by atoms with Gasteiger partial charge in [0.2, 0.25) is 0 Å². The van der Waals surface area contributed by atoms with Gasteiger partial charge in [-0.1, -0.05) is 0 Å². The predicted molar refractivity (Wildman–Crippen MR) is 167 cm³/mol. The summed E-state index contributed by atoms with van der Waals surface area (Å²) < 4.78 is 8.00. The number of hydrogen-bond donors (Lipinski definition) is 1. The van der Waals surface area contributed by atoms with E-state index in [4.69, 9.17) is 19.8 Å². The van der Waals surface area contributed by atoms with Crippen LogP contribution in [0.5, 0.6) is 5.75 Å². The molecule has 2 heterocycles. The van der Waals surface area contributed by atoms with Crippen molar-refractivity contribution < 1.29 is 14.6 Å². The van der Waals surface area contributed by atoms with Crippen LogP contribution in [-0.4, -0.2) is 42.2 Å². The first-order chi connectivity index (χ1) is 19.7. The first-order valence-electron chi connectivity index (χ1n) is 13.4. The molecule has 1 atom stereocenters. The summed E-state index contributed by atoms with van der Waals surface area (Å²) in [6.45, 7) is 7.91. The molecule has 0 fully saturated rings. The molecule has 5 rings (SSSR count). The fourth-order valence-electron chi connectivity index (χ4n) is 4.53. The number of ether oxygens (including phenoxy) is 1. The maximum atomic E-state index is 11.0. The zero-order valence-corrected chi connectivity index (χ0v) is 26.1. The molecular formula is C34H32N2O3SSe. The van der Waals surface area contributed by atoms with E-state index in [1.165, 1.54) is 26.7 Å². The molecule has 3 aromatic carbocycles. The number of benzene rings is 3. The number of aryl methyl sites for hydroxylation is 4. The van der Waals surface area contributed by atoms with Gasteiger partial charge in [-0.25, -0.2) is 0 Å². The third-order valence-corrected chi connectivity index (χ3v) is 11.1. The Labute approximate surface area is 251 Å². The Balaban J connectivity index is 1.44. The number of rotatable bonds is 10. The van der Waals surface area contributed by atoms with Crippen molar-refractivity contribution in [2.24, 2.45) is 0 Å². The SMILES string of the molecule is Cc1ccc(-c2ccc(CC(Sc3ccc(OCC(=O)O)c(C)c3)c3[se]c(-c4ccc(C)cc4)nc3C)cn2)cc1.